The second-order valence-corrected chi connectivity index (χ2v) is 3.46. The van der Waals surface area contributed by atoms with Crippen molar-refractivity contribution in [2.45, 2.75) is 6.04 Å². The number of morpholine rings is 1. The Morgan fingerprint density at radius 2 is 2.46 bits per heavy atom. The highest BCUT2D eigenvalue weighted by molar-refractivity contribution is 5.42. The molecule has 1 atom stereocenters. The summed E-state index contributed by atoms with van der Waals surface area (Å²) in [5.41, 5.74) is 6.10. The standard InChI is InChI=1S/C10H12N2O/c1-2-4-9-8(3-1)10-7-13-6-5-12(10)11-9/h1-4,9,11H,5-7H2. The molecule has 3 rings (SSSR count). The second kappa shape index (κ2) is 2.72. The number of nitrogens with one attached hydrogen (secondary N) is 1. The van der Waals surface area contributed by atoms with Gasteiger partial charge in [-0.05, 0) is 5.57 Å². The Hall–Kier alpha value is -1.06. The first-order valence-corrected chi connectivity index (χ1v) is 4.64. The largest absolute Gasteiger partial charge is 0.373 e. The lowest BCUT2D eigenvalue weighted by molar-refractivity contribution is 0.0585. The van der Waals surface area contributed by atoms with E-state index in [0.717, 1.165) is 19.8 Å². The van der Waals surface area contributed by atoms with E-state index in [4.69, 9.17) is 4.74 Å². The molecule has 3 heteroatoms. The average Bonchev–Trinajstić information content (AvgIpc) is 2.56. The van der Waals surface area contributed by atoms with E-state index in [-0.39, 0.29) is 0 Å². The van der Waals surface area contributed by atoms with Crippen LogP contribution in [0.25, 0.3) is 0 Å². The summed E-state index contributed by atoms with van der Waals surface area (Å²) >= 11 is 0. The van der Waals surface area contributed by atoms with Gasteiger partial charge in [0.1, 0.15) is 0 Å². The summed E-state index contributed by atoms with van der Waals surface area (Å²) in [5.74, 6) is 0. The molecule has 13 heavy (non-hydrogen) atoms. The fourth-order valence-electron chi connectivity index (χ4n) is 2.02. The maximum atomic E-state index is 5.43. The van der Waals surface area contributed by atoms with Crippen LogP contribution in [0.4, 0.5) is 0 Å². The van der Waals surface area contributed by atoms with Gasteiger partial charge < -0.3 is 9.75 Å². The van der Waals surface area contributed by atoms with Gasteiger partial charge in [-0.25, -0.2) is 5.43 Å². The van der Waals surface area contributed by atoms with Crippen LogP contribution in [0.3, 0.4) is 0 Å². The Balaban J connectivity index is 2.00. The number of hydrogen-bond donors (Lipinski definition) is 1. The minimum atomic E-state index is 0.377. The van der Waals surface area contributed by atoms with Gasteiger partial charge in [0.25, 0.3) is 0 Å². The van der Waals surface area contributed by atoms with Crippen molar-refractivity contribution < 1.29 is 4.74 Å². The zero-order chi connectivity index (χ0) is 8.67. The quantitative estimate of drug-likeness (QED) is 0.584. The number of ether oxygens (including phenoxy) is 1. The number of hydrogen-bond acceptors (Lipinski definition) is 3. The number of rotatable bonds is 0. The van der Waals surface area contributed by atoms with Gasteiger partial charge in [-0.2, -0.15) is 0 Å². The maximum absolute atomic E-state index is 5.43. The molecule has 1 fully saturated rings. The van der Waals surface area contributed by atoms with Crippen LogP contribution in [0.2, 0.25) is 0 Å². The monoisotopic (exact) mass is 176 g/mol. The van der Waals surface area contributed by atoms with Gasteiger partial charge >= 0.3 is 0 Å². The predicted molar refractivity (Wildman–Crippen MR) is 49.8 cm³/mol. The number of hydrazine groups is 1. The van der Waals surface area contributed by atoms with Crippen LogP contribution >= 0.6 is 0 Å². The molecule has 0 aromatic heterocycles. The molecular weight excluding hydrogens is 164 g/mol. The lowest BCUT2D eigenvalue weighted by atomic mass is 10.0. The SMILES string of the molecule is C1=CC2=C3COCCN3NC2C=C1. The lowest BCUT2D eigenvalue weighted by Crippen LogP contribution is -2.42. The van der Waals surface area contributed by atoms with Crippen LogP contribution in [0.1, 0.15) is 0 Å². The van der Waals surface area contributed by atoms with Crippen LogP contribution < -0.4 is 5.43 Å². The number of nitrogens with zero attached hydrogens (tertiary/aromatic N) is 1. The smallest absolute Gasteiger partial charge is 0.0883 e. The molecule has 0 radical (unpaired) electrons. The van der Waals surface area contributed by atoms with Crippen molar-refractivity contribution in [2.24, 2.45) is 0 Å². The summed E-state index contributed by atoms with van der Waals surface area (Å²) in [5, 5.41) is 2.21. The maximum Gasteiger partial charge on any atom is 0.0883 e. The third-order valence-electron chi connectivity index (χ3n) is 2.68. The molecule has 1 aliphatic carbocycles. The van der Waals surface area contributed by atoms with Gasteiger partial charge in [0.2, 0.25) is 0 Å². The molecule has 2 heterocycles. The molecule has 0 amide bonds. The fourth-order valence-corrected chi connectivity index (χ4v) is 2.02. The van der Waals surface area contributed by atoms with E-state index >= 15 is 0 Å². The van der Waals surface area contributed by atoms with Crippen LogP contribution in [0.5, 0.6) is 0 Å². The van der Waals surface area contributed by atoms with Gasteiger partial charge in [0.15, 0.2) is 0 Å². The molecule has 2 aliphatic heterocycles. The van der Waals surface area contributed by atoms with Gasteiger partial charge in [-0.3, -0.25) is 0 Å². The van der Waals surface area contributed by atoms with E-state index in [0.29, 0.717) is 6.04 Å². The van der Waals surface area contributed by atoms with E-state index < -0.39 is 0 Å². The second-order valence-electron chi connectivity index (χ2n) is 3.46. The summed E-state index contributed by atoms with van der Waals surface area (Å²) in [7, 11) is 0. The molecule has 3 aliphatic rings. The highest BCUT2D eigenvalue weighted by Crippen LogP contribution is 2.26. The van der Waals surface area contributed by atoms with E-state index in [2.05, 4.69) is 34.7 Å². The molecule has 68 valence electrons. The van der Waals surface area contributed by atoms with Crippen molar-refractivity contribution in [3.63, 3.8) is 0 Å². The Kier molecular flexibility index (Phi) is 1.54. The van der Waals surface area contributed by atoms with Crippen LogP contribution in [0.15, 0.2) is 35.6 Å². The molecule has 1 saturated heterocycles. The molecule has 3 nitrogen and oxygen atoms in total. The van der Waals surface area contributed by atoms with Crippen LogP contribution in [0, 0.1) is 0 Å². The van der Waals surface area contributed by atoms with Gasteiger partial charge in [0.05, 0.1) is 31.5 Å². The highest BCUT2D eigenvalue weighted by Gasteiger charge is 2.30. The predicted octanol–water partition coefficient (Wildman–Crippen LogP) is 0.585. The van der Waals surface area contributed by atoms with Crippen molar-refractivity contribution in [1.82, 2.24) is 10.4 Å². The topological polar surface area (TPSA) is 24.5 Å². The van der Waals surface area contributed by atoms with Gasteiger partial charge in [0, 0.05) is 0 Å². The Labute approximate surface area is 77.3 Å². The highest BCUT2D eigenvalue weighted by atomic mass is 16.5. The van der Waals surface area contributed by atoms with Crippen molar-refractivity contribution in [3.8, 4) is 0 Å². The van der Waals surface area contributed by atoms with E-state index in [1.807, 2.05) is 0 Å². The summed E-state index contributed by atoms with van der Waals surface area (Å²) < 4.78 is 5.43. The minimum absolute atomic E-state index is 0.377. The molecular formula is C10H12N2O. The molecule has 1 unspecified atom stereocenters. The van der Waals surface area contributed by atoms with Gasteiger partial charge in [-0.1, -0.05) is 24.3 Å². The summed E-state index contributed by atoms with van der Waals surface area (Å²) in [6.07, 6.45) is 8.52. The minimum Gasteiger partial charge on any atom is -0.373 e. The first kappa shape index (κ1) is 7.35. The zero-order valence-electron chi connectivity index (χ0n) is 7.36. The normalized spacial score (nSPS) is 30.8. The Morgan fingerprint density at radius 1 is 1.46 bits per heavy atom. The van der Waals surface area contributed by atoms with Crippen molar-refractivity contribution >= 4 is 0 Å². The zero-order valence-corrected chi connectivity index (χ0v) is 7.36. The van der Waals surface area contributed by atoms with Crippen molar-refractivity contribution in [2.75, 3.05) is 19.8 Å². The van der Waals surface area contributed by atoms with E-state index in [1.165, 1.54) is 11.3 Å². The Bertz CT molecular complexity index is 317. The summed E-state index contributed by atoms with van der Waals surface area (Å²) in [6, 6.07) is 0.377. The Morgan fingerprint density at radius 3 is 3.46 bits per heavy atom. The molecule has 1 N–H and O–H groups in total. The van der Waals surface area contributed by atoms with Crippen molar-refractivity contribution in [1.29, 1.82) is 0 Å². The van der Waals surface area contributed by atoms with E-state index in [9.17, 15) is 0 Å². The number of allylic oxidation sites excluding steroid dienone is 2. The summed E-state index contributed by atoms with van der Waals surface area (Å²) in [6.45, 7) is 2.53. The third-order valence-corrected chi connectivity index (χ3v) is 2.68. The van der Waals surface area contributed by atoms with Gasteiger partial charge in [-0.15, -0.1) is 0 Å². The number of fused-ring (bicyclic) bond motifs is 2. The first-order valence-electron chi connectivity index (χ1n) is 4.64. The summed E-state index contributed by atoms with van der Waals surface area (Å²) in [4.78, 5) is 0. The van der Waals surface area contributed by atoms with Crippen LogP contribution in [-0.4, -0.2) is 30.8 Å². The molecule has 0 spiro atoms. The van der Waals surface area contributed by atoms with Crippen LogP contribution in [-0.2, 0) is 4.74 Å². The third kappa shape index (κ3) is 1.04. The first-order chi connectivity index (χ1) is 6.45. The molecule has 0 saturated carbocycles. The molecule has 0 aromatic carbocycles. The molecule has 0 bridgehead atoms. The lowest BCUT2D eigenvalue weighted by Gasteiger charge is -2.27. The average molecular weight is 176 g/mol. The molecule has 0 aromatic rings. The fraction of sp³-hybridized carbons (Fsp3) is 0.400. The van der Waals surface area contributed by atoms with E-state index in [1.54, 1.807) is 0 Å². The van der Waals surface area contributed by atoms with Crippen molar-refractivity contribution in [3.05, 3.63) is 35.6 Å².